The van der Waals surface area contributed by atoms with E-state index < -0.39 is 0 Å². The minimum Gasteiger partial charge on any atom is -0.314 e. The molecule has 5 heteroatoms. The molecule has 114 valence electrons. The highest BCUT2D eigenvalue weighted by molar-refractivity contribution is 5.81. The molecule has 0 aromatic heterocycles. The summed E-state index contributed by atoms with van der Waals surface area (Å²) in [7, 11) is 1.85. The summed E-state index contributed by atoms with van der Waals surface area (Å²) >= 11 is 0. The summed E-state index contributed by atoms with van der Waals surface area (Å²) in [6, 6.07) is 8.59. The average molecular weight is 288 g/mol. The lowest BCUT2D eigenvalue weighted by Crippen LogP contribution is -2.44. The SMILES string of the molecule is CN1C(=O)CCN1c1cccc(CCN2CCNCC2)c1. The van der Waals surface area contributed by atoms with E-state index in [2.05, 4.69) is 39.5 Å². The molecule has 2 saturated heterocycles. The number of benzene rings is 1. The standard InChI is InChI=1S/C16H24N4O/c1-18-16(21)6-10-20(18)15-4-2-3-14(13-15)5-9-19-11-7-17-8-12-19/h2-4,13,17H,5-12H2,1H3. The third-order valence-electron chi connectivity index (χ3n) is 4.40. The van der Waals surface area contributed by atoms with Crippen LogP contribution in [0.25, 0.3) is 0 Å². The molecular weight excluding hydrogens is 264 g/mol. The lowest BCUT2D eigenvalue weighted by molar-refractivity contribution is -0.126. The molecule has 0 bridgehead atoms. The van der Waals surface area contributed by atoms with E-state index in [1.54, 1.807) is 5.01 Å². The van der Waals surface area contributed by atoms with Gasteiger partial charge >= 0.3 is 0 Å². The van der Waals surface area contributed by atoms with Crippen LogP contribution in [-0.2, 0) is 11.2 Å². The van der Waals surface area contributed by atoms with E-state index >= 15 is 0 Å². The monoisotopic (exact) mass is 288 g/mol. The van der Waals surface area contributed by atoms with Gasteiger partial charge < -0.3 is 10.2 Å². The Labute approximate surface area is 126 Å². The molecule has 5 nitrogen and oxygen atoms in total. The Balaban J connectivity index is 1.61. The maximum Gasteiger partial charge on any atom is 0.242 e. The van der Waals surface area contributed by atoms with E-state index in [4.69, 9.17) is 0 Å². The van der Waals surface area contributed by atoms with Crippen LogP contribution in [0.5, 0.6) is 0 Å². The highest BCUT2D eigenvalue weighted by Gasteiger charge is 2.25. The molecule has 0 radical (unpaired) electrons. The minimum atomic E-state index is 0.196. The van der Waals surface area contributed by atoms with Gasteiger partial charge in [0.15, 0.2) is 0 Å². The fourth-order valence-electron chi connectivity index (χ4n) is 3.04. The van der Waals surface area contributed by atoms with Crippen molar-refractivity contribution in [3.05, 3.63) is 29.8 Å². The smallest absolute Gasteiger partial charge is 0.242 e. The number of nitrogens with zero attached hydrogens (tertiary/aromatic N) is 3. The Kier molecular flexibility index (Phi) is 4.41. The number of amides is 1. The summed E-state index contributed by atoms with van der Waals surface area (Å²) in [5.41, 5.74) is 2.47. The van der Waals surface area contributed by atoms with Crippen molar-refractivity contribution in [3.8, 4) is 0 Å². The highest BCUT2D eigenvalue weighted by atomic mass is 16.2. The van der Waals surface area contributed by atoms with Gasteiger partial charge in [-0.3, -0.25) is 14.8 Å². The van der Waals surface area contributed by atoms with Crippen LogP contribution in [-0.4, -0.2) is 62.1 Å². The highest BCUT2D eigenvalue weighted by Crippen LogP contribution is 2.22. The molecule has 2 aliphatic heterocycles. The van der Waals surface area contributed by atoms with Crippen LogP contribution < -0.4 is 10.3 Å². The number of piperazine rings is 1. The number of anilines is 1. The predicted molar refractivity (Wildman–Crippen MR) is 84.2 cm³/mol. The Morgan fingerprint density at radius 2 is 2.00 bits per heavy atom. The van der Waals surface area contributed by atoms with E-state index in [1.807, 2.05) is 7.05 Å². The summed E-state index contributed by atoms with van der Waals surface area (Å²) < 4.78 is 0. The molecule has 2 aliphatic rings. The number of hydrogen-bond donors (Lipinski definition) is 1. The third kappa shape index (κ3) is 3.36. The number of carbonyl (C=O) groups is 1. The van der Waals surface area contributed by atoms with Gasteiger partial charge in [-0.05, 0) is 24.1 Å². The molecule has 2 heterocycles. The summed E-state index contributed by atoms with van der Waals surface area (Å²) in [5, 5.41) is 7.18. The second-order valence-electron chi connectivity index (χ2n) is 5.80. The van der Waals surface area contributed by atoms with Crippen molar-refractivity contribution in [1.29, 1.82) is 0 Å². The second-order valence-corrected chi connectivity index (χ2v) is 5.80. The topological polar surface area (TPSA) is 38.8 Å². The maximum absolute atomic E-state index is 11.6. The quantitative estimate of drug-likeness (QED) is 0.886. The zero-order valence-corrected chi connectivity index (χ0v) is 12.7. The van der Waals surface area contributed by atoms with Gasteiger partial charge in [-0.25, -0.2) is 0 Å². The van der Waals surface area contributed by atoms with Gasteiger partial charge in [0, 0.05) is 52.7 Å². The number of rotatable bonds is 4. The molecule has 1 N–H and O–H groups in total. The number of nitrogens with one attached hydrogen (secondary N) is 1. The van der Waals surface area contributed by atoms with E-state index in [1.165, 1.54) is 5.56 Å². The molecule has 3 rings (SSSR count). The number of carbonyl (C=O) groups excluding carboxylic acids is 1. The largest absolute Gasteiger partial charge is 0.314 e. The lowest BCUT2D eigenvalue weighted by Gasteiger charge is -2.28. The van der Waals surface area contributed by atoms with E-state index in [-0.39, 0.29) is 5.91 Å². The van der Waals surface area contributed by atoms with Gasteiger partial charge in [0.2, 0.25) is 5.91 Å². The first-order valence-corrected chi connectivity index (χ1v) is 7.80. The van der Waals surface area contributed by atoms with E-state index in [9.17, 15) is 4.79 Å². The molecule has 0 spiro atoms. The molecular formula is C16H24N4O. The molecule has 1 amide bonds. The van der Waals surface area contributed by atoms with Crippen LogP contribution in [0.2, 0.25) is 0 Å². The Bertz CT molecular complexity index is 499. The minimum absolute atomic E-state index is 0.196. The summed E-state index contributed by atoms with van der Waals surface area (Å²) in [5.74, 6) is 0.196. The average Bonchev–Trinajstić information content (AvgIpc) is 2.86. The molecule has 1 aromatic carbocycles. The fourth-order valence-corrected chi connectivity index (χ4v) is 3.04. The van der Waals surface area contributed by atoms with Crippen molar-refractivity contribution < 1.29 is 4.79 Å². The van der Waals surface area contributed by atoms with Crippen molar-refractivity contribution in [2.24, 2.45) is 0 Å². The Hall–Kier alpha value is -1.59. The van der Waals surface area contributed by atoms with Crippen LogP contribution >= 0.6 is 0 Å². The first-order chi connectivity index (χ1) is 10.2. The zero-order chi connectivity index (χ0) is 14.7. The van der Waals surface area contributed by atoms with Crippen molar-refractivity contribution in [2.45, 2.75) is 12.8 Å². The first kappa shape index (κ1) is 14.4. The maximum atomic E-state index is 11.6. The van der Waals surface area contributed by atoms with Crippen molar-refractivity contribution in [1.82, 2.24) is 15.2 Å². The molecule has 0 saturated carbocycles. The van der Waals surface area contributed by atoms with Crippen LogP contribution in [0.4, 0.5) is 5.69 Å². The van der Waals surface area contributed by atoms with Crippen LogP contribution in [0.15, 0.2) is 24.3 Å². The summed E-state index contributed by atoms with van der Waals surface area (Å²) in [4.78, 5) is 14.2. The molecule has 0 atom stereocenters. The van der Waals surface area contributed by atoms with E-state index in [0.29, 0.717) is 6.42 Å². The molecule has 2 fully saturated rings. The van der Waals surface area contributed by atoms with E-state index in [0.717, 1.165) is 51.4 Å². The van der Waals surface area contributed by atoms with Crippen LogP contribution in [0, 0.1) is 0 Å². The first-order valence-electron chi connectivity index (χ1n) is 7.80. The lowest BCUT2D eigenvalue weighted by atomic mass is 10.1. The molecule has 0 aliphatic carbocycles. The van der Waals surface area contributed by atoms with Gasteiger partial charge in [0.05, 0.1) is 5.69 Å². The number of hydrazine groups is 1. The molecule has 1 aromatic rings. The van der Waals surface area contributed by atoms with Gasteiger partial charge in [0.25, 0.3) is 0 Å². The Morgan fingerprint density at radius 3 is 2.71 bits per heavy atom. The summed E-state index contributed by atoms with van der Waals surface area (Å²) in [6.45, 7) is 6.38. The summed E-state index contributed by atoms with van der Waals surface area (Å²) in [6.07, 6.45) is 1.68. The van der Waals surface area contributed by atoms with Gasteiger partial charge in [-0.15, -0.1) is 0 Å². The van der Waals surface area contributed by atoms with Crippen molar-refractivity contribution >= 4 is 11.6 Å². The normalized spacial score (nSPS) is 20.3. The molecule has 0 unspecified atom stereocenters. The van der Waals surface area contributed by atoms with Crippen LogP contribution in [0.1, 0.15) is 12.0 Å². The van der Waals surface area contributed by atoms with Crippen LogP contribution in [0.3, 0.4) is 0 Å². The second kappa shape index (κ2) is 6.45. The Morgan fingerprint density at radius 1 is 1.19 bits per heavy atom. The number of hydrogen-bond acceptors (Lipinski definition) is 4. The molecule has 21 heavy (non-hydrogen) atoms. The third-order valence-corrected chi connectivity index (χ3v) is 4.40. The van der Waals surface area contributed by atoms with Crippen molar-refractivity contribution in [3.63, 3.8) is 0 Å². The van der Waals surface area contributed by atoms with Gasteiger partial charge in [-0.2, -0.15) is 0 Å². The predicted octanol–water partition coefficient (Wildman–Crippen LogP) is 0.718. The van der Waals surface area contributed by atoms with Gasteiger partial charge in [0.1, 0.15) is 0 Å². The van der Waals surface area contributed by atoms with Gasteiger partial charge in [-0.1, -0.05) is 12.1 Å². The zero-order valence-electron chi connectivity index (χ0n) is 12.7. The fraction of sp³-hybridized carbons (Fsp3) is 0.562. The van der Waals surface area contributed by atoms with Crippen molar-refractivity contribution in [2.75, 3.05) is 51.3 Å².